The van der Waals surface area contributed by atoms with E-state index in [4.69, 9.17) is 0 Å². The van der Waals surface area contributed by atoms with Crippen LogP contribution in [-0.2, 0) is 5.41 Å². The molecule has 2 heteroatoms. The molecule has 1 aromatic heterocycles. The van der Waals surface area contributed by atoms with Gasteiger partial charge >= 0.3 is 0 Å². The first-order valence-electron chi connectivity index (χ1n) is 22.2. The monoisotopic (exact) mass is 820 g/mol. The summed E-state index contributed by atoms with van der Waals surface area (Å²) in [5, 5.41) is 3.76. The fourth-order valence-corrected chi connectivity index (χ4v) is 10.3. The third-order valence-corrected chi connectivity index (χ3v) is 13.4. The largest absolute Gasteiger partial charge is 0.313 e. The van der Waals surface area contributed by atoms with Gasteiger partial charge in [-0.25, -0.2) is 0 Å². The minimum atomic E-state index is -0.106. The van der Waals surface area contributed by atoms with E-state index >= 15 is 0 Å². The second-order valence-corrected chi connectivity index (χ2v) is 17.4. The molecule has 11 rings (SSSR count). The minimum Gasteiger partial charge on any atom is -0.313 e. The van der Waals surface area contributed by atoms with Crippen LogP contribution in [0.15, 0.2) is 225 Å². The van der Waals surface area contributed by atoms with E-state index in [1.54, 1.807) is 0 Å². The molecule has 0 aliphatic heterocycles. The van der Waals surface area contributed by atoms with Gasteiger partial charge in [0.25, 0.3) is 0 Å². The molecule has 2 nitrogen and oxygen atoms in total. The molecule has 0 spiro atoms. The van der Waals surface area contributed by atoms with Crippen molar-refractivity contribution in [3.05, 3.63) is 247 Å². The predicted molar refractivity (Wildman–Crippen MR) is 273 cm³/mol. The Morgan fingerprint density at radius 3 is 1.75 bits per heavy atom. The van der Waals surface area contributed by atoms with Crippen LogP contribution in [0.1, 0.15) is 36.2 Å². The van der Waals surface area contributed by atoms with E-state index in [0.717, 1.165) is 17.1 Å². The molecule has 0 saturated carbocycles. The van der Waals surface area contributed by atoms with E-state index in [1.165, 1.54) is 94.3 Å². The summed E-state index contributed by atoms with van der Waals surface area (Å²) in [5.41, 5.74) is 20.5. The Balaban J connectivity index is 0.981. The van der Waals surface area contributed by atoms with E-state index < -0.39 is 0 Å². The van der Waals surface area contributed by atoms with Crippen LogP contribution < -0.4 is 4.90 Å². The van der Waals surface area contributed by atoms with Crippen molar-refractivity contribution >= 4 is 44.8 Å². The maximum absolute atomic E-state index is 3.96. The van der Waals surface area contributed by atoms with E-state index in [-0.39, 0.29) is 5.41 Å². The van der Waals surface area contributed by atoms with Crippen molar-refractivity contribution < 1.29 is 0 Å². The van der Waals surface area contributed by atoms with Crippen molar-refractivity contribution in [2.45, 2.75) is 26.2 Å². The molecule has 10 aromatic rings. The van der Waals surface area contributed by atoms with Gasteiger partial charge in [-0.2, -0.15) is 0 Å². The molecule has 0 amide bonds. The Kier molecular flexibility index (Phi) is 9.59. The lowest BCUT2D eigenvalue weighted by molar-refractivity contribution is 0.660. The van der Waals surface area contributed by atoms with Gasteiger partial charge in [-0.1, -0.05) is 196 Å². The summed E-state index contributed by atoms with van der Waals surface area (Å²) in [5.74, 6) is 0. The number of aromatic nitrogens is 1. The third kappa shape index (κ3) is 6.41. The van der Waals surface area contributed by atoms with Crippen LogP contribution in [-0.4, -0.2) is 4.57 Å². The molecule has 1 aliphatic rings. The molecule has 0 unspecified atom stereocenters. The molecule has 0 bridgehead atoms. The van der Waals surface area contributed by atoms with Gasteiger partial charge in [0.15, 0.2) is 0 Å². The lowest BCUT2D eigenvalue weighted by Crippen LogP contribution is -2.16. The average Bonchev–Trinajstić information content (AvgIpc) is 3.77. The van der Waals surface area contributed by atoms with Gasteiger partial charge in [-0.15, -0.1) is 0 Å². The number of hydrogen-bond donors (Lipinski definition) is 0. The average molecular weight is 821 g/mol. The van der Waals surface area contributed by atoms with Crippen LogP contribution in [0.4, 0.5) is 17.1 Å². The van der Waals surface area contributed by atoms with Crippen LogP contribution in [0.2, 0.25) is 0 Å². The molecule has 1 heterocycles. The summed E-state index contributed by atoms with van der Waals surface area (Å²) >= 11 is 0. The number of fused-ring (bicyclic) bond motifs is 6. The molecule has 0 saturated heterocycles. The summed E-state index contributed by atoms with van der Waals surface area (Å²) in [6.45, 7) is 10.9. The van der Waals surface area contributed by atoms with Gasteiger partial charge in [-0.05, 0) is 116 Å². The van der Waals surface area contributed by atoms with Crippen molar-refractivity contribution in [1.82, 2.24) is 4.57 Å². The summed E-state index contributed by atoms with van der Waals surface area (Å²) in [4.78, 5) is 2.44. The first-order chi connectivity index (χ1) is 31.4. The number of nitrogens with zero attached hydrogens (tertiary/aromatic N) is 2. The fourth-order valence-electron chi connectivity index (χ4n) is 10.3. The summed E-state index contributed by atoms with van der Waals surface area (Å²) in [7, 11) is 0. The van der Waals surface area contributed by atoms with Crippen LogP contribution in [0.3, 0.4) is 0 Å². The smallest absolute Gasteiger partial charge is 0.0544 e. The van der Waals surface area contributed by atoms with Crippen molar-refractivity contribution in [3.8, 4) is 50.2 Å². The number of allylic oxidation sites excluding steroid dienone is 2. The first kappa shape index (κ1) is 38.9. The third-order valence-electron chi connectivity index (χ3n) is 13.4. The minimum absolute atomic E-state index is 0.106. The lowest BCUT2D eigenvalue weighted by atomic mass is 9.82. The second-order valence-electron chi connectivity index (χ2n) is 17.4. The molecular formula is C62H48N2. The van der Waals surface area contributed by atoms with Gasteiger partial charge in [0.05, 0.1) is 11.2 Å². The maximum Gasteiger partial charge on any atom is 0.0544 e. The van der Waals surface area contributed by atoms with E-state index in [2.05, 4.69) is 249 Å². The van der Waals surface area contributed by atoms with E-state index in [0.29, 0.717) is 0 Å². The highest BCUT2D eigenvalue weighted by atomic mass is 15.1. The van der Waals surface area contributed by atoms with Gasteiger partial charge in [0, 0.05) is 44.7 Å². The summed E-state index contributed by atoms with van der Waals surface area (Å²) < 4.78 is 2.39. The summed E-state index contributed by atoms with van der Waals surface area (Å²) in [6, 6.07) is 75.5. The van der Waals surface area contributed by atoms with Gasteiger partial charge in [0.1, 0.15) is 0 Å². The molecule has 0 radical (unpaired) electrons. The van der Waals surface area contributed by atoms with E-state index in [9.17, 15) is 0 Å². The molecule has 0 atom stereocenters. The van der Waals surface area contributed by atoms with Crippen molar-refractivity contribution in [3.63, 3.8) is 0 Å². The van der Waals surface area contributed by atoms with Gasteiger partial charge in [0.2, 0.25) is 0 Å². The molecule has 64 heavy (non-hydrogen) atoms. The number of anilines is 3. The molecule has 0 N–H and O–H groups in total. The van der Waals surface area contributed by atoms with Crippen LogP contribution in [0, 0.1) is 6.92 Å². The van der Waals surface area contributed by atoms with Crippen molar-refractivity contribution in [2.75, 3.05) is 4.90 Å². The number of benzene rings is 9. The Morgan fingerprint density at radius 2 is 1.06 bits per heavy atom. The zero-order valence-corrected chi connectivity index (χ0v) is 36.5. The molecule has 306 valence electrons. The van der Waals surface area contributed by atoms with Gasteiger partial charge in [-0.3, -0.25) is 0 Å². The topological polar surface area (TPSA) is 8.17 Å². The SMILES string of the molecule is C=C/C=C\c1c(C)n(-c2ccc(-c3ccccc3-c3ccc(N(c4ccc(-c5ccccc5)cc4)c4cccc5c4-c4ccccc4C5(C)C)cc3)cc2)c2ccc3ccccc3c12. The van der Waals surface area contributed by atoms with Crippen LogP contribution in [0.5, 0.6) is 0 Å². The maximum atomic E-state index is 3.96. The Hall–Kier alpha value is -7.94. The second kappa shape index (κ2) is 15.8. The standard InChI is InChI=1S/C62H48N2/c1-5-6-20-51-42(2)63(59-41-34-45-19-10-11-23-54(45)60(51)59)48-37-30-46(31-38-48)52-21-12-13-22-53(52)47-32-39-50(40-33-47)64(49-35-28-44(29-36-49)43-17-8-7-9-18-43)58-27-16-26-57-61(58)55-24-14-15-25-56(55)62(57,3)4/h5-41H,1H2,2-4H3/b20-6-. The van der Waals surface area contributed by atoms with Crippen LogP contribution in [0.25, 0.3) is 77.9 Å². The number of rotatable bonds is 9. The highest BCUT2D eigenvalue weighted by Gasteiger charge is 2.37. The fraction of sp³-hybridized carbons (Fsp3) is 0.0645. The Bertz CT molecular complexity index is 3400. The first-order valence-corrected chi connectivity index (χ1v) is 22.2. The molecule has 0 fully saturated rings. The summed E-state index contributed by atoms with van der Waals surface area (Å²) in [6.07, 6.45) is 6.08. The zero-order chi connectivity index (χ0) is 43.4. The molecular weight excluding hydrogens is 773 g/mol. The Morgan fingerprint density at radius 1 is 0.500 bits per heavy atom. The normalized spacial score (nSPS) is 12.7. The number of hydrogen-bond acceptors (Lipinski definition) is 1. The van der Waals surface area contributed by atoms with Crippen LogP contribution >= 0.6 is 0 Å². The highest BCUT2D eigenvalue weighted by Crippen LogP contribution is 2.54. The van der Waals surface area contributed by atoms with Crippen molar-refractivity contribution in [1.29, 1.82) is 0 Å². The quantitative estimate of drug-likeness (QED) is 0.132. The Labute approximate surface area is 376 Å². The molecule has 1 aliphatic carbocycles. The molecule has 9 aromatic carbocycles. The van der Waals surface area contributed by atoms with Gasteiger partial charge < -0.3 is 9.47 Å². The van der Waals surface area contributed by atoms with Crippen molar-refractivity contribution in [2.24, 2.45) is 0 Å². The lowest BCUT2D eigenvalue weighted by Gasteiger charge is -2.29. The zero-order valence-electron chi connectivity index (χ0n) is 36.5. The predicted octanol–water partition coefficient (Wildman–Crippen LogP) is 17.1. The van der Waals surface area contributed by atoms with E-state index in [1.807, 2.05) is 12.2 Å². The highest BCUT2D eigenvalue weighted by molar-refractivity contribution is 6.12.